The molecule has 1 heterocycles. The zero-order chi connectivity index (χ0) is 28.9. The first kappa shape index (κ1) is 30.0. The van der Waals surface area contributed by atoms with Gasteiger partial charge in [-0.15, -0.1) is 0 Å². The Bertz CT molecular complexity index is 1110. The van der Waals surface area contributed by atoms with Crippen LogP contribution in [-0.4, -0.2) is 47.8 Å². The Hall–Kier alpha value is -1.94. The van der Waals surface area contributed by atoms with Gasteiger partial charge in [-0.25, -0.2) is 4.79 Å². The number of esters is 1. The van der Waals surface area contributed by atoms with E-state index >= 15 is 0 Å². The molecule has 0 bridgehead atoms. The smallest absolute Gasteiger partial charge is 0.482 e. The molecule has 0 amide bonds. The van der Waals surface area contributed by atoms with E-state index in [1.807, 2.05) is 0 Å². The third kappa shape index (κ3) is 4.94. The molecule has 3 aliphatic rings. The molecule has 9 heteroatoms. The number of hydrogen-bond acceptors (Lipinski definition) is 8. The number of carbonyl (C=O) groups excluding carboxylic acids is 2. The van der Waals surface area contributed by atoms with Gasteiger partial charge in [-0.1, -0.05) is 48.5 Å². The van der Waals surface area contributed by atoms with E-state index in [9.17, 15) is 19.7 Å². The van der Waals surface area contributed by atoms with Crippen LogP contribution in [0.1, 0.15) is 85.3 Å². The summed E-state index contributed by atoms with van der Waals surface area (Å²) >= 11 is 0. The molecule has 1 aliphatic heterocycles. The van der Waals surface area contributed by atoms with Crippen molar-refractivity contribution in [1.29, 1.82) is 0 Å². The monoisotopic (exact) mass is 543 g/mol. The van der Waals surface area contributed by atoms with E-state index in [2.05, 4.69) is 48.5 Å². The fraction of sp³-hybridized carbons (Fsp3) is 0.733. The molecule has 4 N–H and O–H groups in total. The van der Waals surface area contributed by atoms with Gasteiger partial charge in [-0.05, 0) is 70.7 Å². The number of ether oxygens (including phenoxy) is 2. The first-order chi connectivity index (χ1) is 18.2. The summed E-state index contributed by atoms with van der Waals surface area (Å²) in [7, 11) is -1.05. The first-order valence-corrected chi connectivity index (χ1v) is 14.4. The highest BCUT2D eigenvalue weighted by atomic mass is 16.6. The van der Waals surface area contributed by atoms with Crippen molar-refractivity contribution in [2.24, 2.45) is 39.7 Å². The Kier molecular flexibility index (Phi) is 8.32. The van der Waals surface area contributed by atoms with Crippen LogP contribution in [0.15, 0.2) is 12.1 Å². The summed E-state index contributed by atoms with van der Waals surface area (Å²) in [5.41, 5.74) is 6.61. The molecule has 0 radical (unpaired) electrons. The van der Waals surface area contributed by atoms with Gasteiger partial charge in [-0.3, -0.25) is 4.79 Å². The van der Waals surface area contributed by atoms with Gasteiger partial charge in [0.25, 0.3) is 0 Å². The van der Waals surface area contributed by atoms with Crippen LogP contribution in [0.5, 0.6) is 5.75 Å². The molecule has 2 saturated carbocycles. The molecule has 8 nitrogen and oxygen atoms in total. The lowest BCUT2D eigenvalue weighted by atomic mass is 9.49. The first-order valence-electron chi connectivity index (χ1n) is 14.4. The van der Waals surface area contributed by atoms with E-state index < -0.39 is 41.5 Å². The minimum atomic E-state index is -1.05. The molecule has 0 aromatic heterocycles. The summed E-state index contributed by atoms with van der Waals surface area (Å²) < 4.78 is 17.4. The zero-order valence-electron chi connectivity index (χ0n) is 24.6. The highest BCUT2D eigenvalue weighted by molar-refractivity contribution is 6.61. The number of rotatable bonds is 7. The summed E-state index contributed by atoms with van der Waals surface area (Å²) in [6.45, 7) is 14.8. The van der Waals surface area contributed by atoms with Crippen molar-refractivity contribution in [1.82, 2.24) is 0 Å². The Labute approximate surface area is 233 Å². The molecule has 0 saturated heterocycles. The second-order valence-electron chi connectivity index (χ2n) is 13.2. The van der Waals surface area contributed by atoms with E-state index in [0.29, 0.717) is 30.5 Å². The lowest BCUT2D eigenvalue weighted by molar-refractivity contribution is -0.195. The molecular weight excluding hydrogens is 497 g/mol. The number of Topliss-reactive ketones (excluding diaryl/α,β-unsaturated/α-hetero) is 1. The molecule has 39 heavy (non-hydrogen) atoms. The second kappa shape index (κ2) is 10.8. The molecule has 0 unspecified atom stereocenters. The van der Waals surface area contributed by atoms with Gasteiger partial charge >= 0.3 is 13.1 Å². The highest BCUT2D eigenvalue weighted by Crippen LogP contribution is 2.62. The third-order valence-electron chi connectivity index (χ3n) is 11.0. The van der Waals surface area contributed by atoms with Gasteiger partial charge in [-0.2, -0.15) is 0 Å². The Morgan fingerprint density at radius 3 is 2.59 bits per heavy atom. The Balaban J connectivity index is 1.63. The number of benzene rings is 1. The predicted octanol–water partition coefficient (Wildman–Crippen LogP) is 3.12. The predicted molar refractivity (Wildman–Crippen MR) is 149 cm³/mol. The molecule has 2 aliphatic carbocycles. The van der Waals surface area contributed by atoms with E-state index in [1.165, 1.54) is 0 Å². The molecule has 0 spiro atoms. The number of fused-ring (bicyclic) bond motifs is 2. The van der Waals surface area contributed by atoms with Crippen molar-refractivity contribution in [2.75, 3.05) is 6.61 Å². The molecule has 7 atom stereocenters. The largest absolute Gasteiger partial charge is 0.491 e. The van der Waals surface area contributed by atoms with E-state index in [0.717, 1.165) is 17.5 Å². The van der Waals surface area contributed by atoms with Crippen LogP contribution < -0.4 is 15.9 Å². The molecule has 4 rings (SSSR count). The molecule has 1 aromatic carbocycles. The van der Waals surface area contributed by atoms with Crippen LogP contribution >= 0.6 is 0 Å². The lowest BCUT2D eigenvalue weighted by Gasteiger charge is -2.57. The number of carbonyl (C=O) groups is 2. The SMILES string of the molecule is CC[C@]1(C)C[C@@H](OC(=O)COc2cc(CN)c3c(c2)B(O)OC3)[C@](C)(C(C)C)[C@@H]2C(=O)CC[C@@]2(C)[C@@H](C)[C@@H]1O. The van der Waals surface area contributed by atoms with Crippen LogP contribution in [0.3, 0.4) is 0 Å². The number of aliphatic hydroxyl groups is 1. The molecule has 1 aromatic rings. The summed E-state index contributed by atoms with van der Waals surface area (Å²) in [5.74, 6) is -0.295. The summed E-state index contributed by atoms with van der Waals surface area (Å²) in [5, 5.41) is 21.8. The topological polar surface area (TPSA) is 128 Å². The number of hydrogen-bond donors (Lipinski definition) is 3. The number of ketones is 1. The maximum Gasteiger partial charge on any atom is 0.491 e. The Morgan fingerprint density at radius 1 is 1.28 bits per heavy atom. The summed E-state index contributed by atoms with van der Waals surface area (Å²) in [4.78, 5) is 26.9. The second-order valence-corrected chi connectivity index (χ2v) is 13.2. The third-order valence-corrected chi connectivity index (χ3v) is 11.0. The van der Waals surface area contributed by atoms with Gasteiger partial charge < -0.3 is 30.0 Å². The van der Waals surface area contributed by atoms with Crippen LogP contribution in [0.2, 0.25) is 0 Å². The normalized spacial score (nSPS) is 36.4. The van der Waals surface area contributed by atoms with Gasteiger partial charge in [0.1, 0.15) is 17.6 Å². The quantitative estimate of drug-likeness (QED) is 0.354. The van der Waals surface area contributed by atoms with Gasteiger partial charge in [0.2, 0.25) is 0 Å². The number of nitrogens with two attached hydrogens (primary N) is 1. The summed E-state index contributed by atoms with van der Waals surface area (Å²) in [6.07, 6.45) is 1.15. The van der Waals surface area contributed by atoms with Crippen LogP contribution in [0, 0.1) is 34.0 Å². The van der Waals surface area contributed by atoms with Crippen molar-refractivity contribution >= 4 is 24.3 Å². The van der Waals surface area contributed by atoms with Crippen molar-refractivity contribution in [3.05, 3.63) is 23.3 Å². The minimum Gasteiger partial charge on any atom is -0.482 e. The lowest BCUT2D eigenvalue weighted by Crippen LogP contribution is -2.60. The van der Waals surface area contributed by atoms with Crippen molar-refractivity contribution in [2.45, 2.75) is 99.5 Å². The molecular formula is C30H46BNO7. The van der Waals surface area contributed by atoms with Crippen molar-refractivity contribution < 1.29 is 33.8 Å². The highest BCUT2D eigenvalue weighted by Gasteiger charge is 2.64. The van der Waals surface area contributed by atoms with Gasteiger partial charge in [0, 0.05) is 24.3 Å². The van der Waals surface area contributed by atoms with Gasteiger partial charge in [0.05, 0.1) is 12.7 Å². The van der Waals surface area contributed by atoms with Crippen molar-refractivity contribution in [3.8, 4) is 5.75 Å². The molecule has 216 valence electrons. The fourth-order valence-electron chi connectivity index (χ4n) is 7.71. The maximum absolute atomic E-state index is 13.5. The maximum atomic E-state index is 13.5. The standard InChI is InChI=1S/C30H46BNO7/c1-8-28(5)13-24(30(7,17(2)3)26-23(33)9-10-29(26,6)18(4)27(28)35)39-25(34)16-37-20-11-19(14-32)21-15-38-31(36)22(21)12-20/h11-12,17-18,24,26-27,35-36H,8-10,13-16,32H2,1-7H3/t18-,24+,26+,27-,28+,29-,30-/m0/s1. The number of aliphatic hydroxyl groups excluding tert-OH is 1. The Morgan fingerprint density at radius 2 is 1.97 bits per heavy atom. The van der Waals surface area contributed by atoms with E-state index in [-0.39, 0.29) is 43.3 Å². The van der Waals surface area contributed by atoms with Crippen molar-refractivity contribution in [3.63, 3.8) is 0 Å². The fourth-order valence-corrected chi connectivity index (χ4v) is 7.71. The van der Waals surface area contributed by atoms with E-state index in [1.54, 1.807) is 12.1 Å². The minimum absolute atomic E-state index is 0.0523. The van der Waals surface area contributed by atoms with Crippen LogP contribution in [0.4, 0.5) is 0 Å². The molecule has 2 fully saturated rings. The van der Waals surface area contributed by atoms with Crippen LogP contribution in [0.25, 0.3) is 0 Å². The van der Waals surface area contributed by atoms with E-state index in [4.69, 9.17) is 19.9 Å². The van der Waals surface area contributed by atoms with Gasteiger partial charge in [0.15, 0.2) is 6.61 Å². The zero-order valence-corrected chi connectivity index (χ0v) is 24.6. The average Bonchev–Trinajstić information content (AvgIpc) is 3.43. The summed E-state index contributed by atoms with van der Waals surface area (Å²) in [6, 6.07) is 3.43. The van der Waals surface area contributed by atoms with Crippen LogP contribution in [-0.2, 0) is 32.1 Å². The average molecular weight is 544 g/mol.